The Morgan fingerprint density at radius 1 is 1.46 bits per heavy atom. The van der Waals surface area contributed by atoms with Gasteiger partial charge in [-0.1, -0.05) is 13.8 Å². The summed E-state index contributed by atoms with van der Waals surface area (Å²) in [6.45, 7) is 7.71. The molecule has 0 aromatic carbocycles. The largest absolute Gasteiger partial charge is 0.310 e. The molecule has 1 atom stereocenters. The molecule has 3 nitrogen and oxygen atoms in total. The van der Waals surface area contributed by atoms with Crippen LogP contribution in [0.1, 0.15) is 38.8 Å². The fourth-order valence-corrected chi connectivity index (χ4v) is 1.20. The van der Waals surface area contributed by atoms with Crippen molar-refractivity contribution >= 4 is 0 Å². The van der Waals surface area contributed by atoms with Crippen molar-refractivity contribution in [2.24, 2.45) is 5.92 Å². The maximum Gasteiger partial charge on any atom is 0.0534 e. The lowest BCUT2D eigenvalue weighted by Gasteiger charge is -2.12. The molecule has 0 aliphatic heterocycles. The predicted molar refractivity (Wildman–Crippen MR) is 54.5 cm³/mol. The van der Waals surface area contributed by atoms with Gasteiger partial charge in [0.2, 0.25) is 0 Å². The van der Waals surface area contributed by atoms with Gasteiger partial charge in [0.15, 0.2) is 0 Å². The highest BCUT2D eigenvalue weighted by atomic mass is 15.1. The number of hydrogen-bond donors (Lipinski definition) is 2. The van der Waals surface area contributed by atoms with E-state index in [1.807, 2.05) is 12.4 Å². The lowest BCUT2D eigenvalue weighted by Crippen LogP contribution is -2.20. The van der Waals surface area contributed by atoms with Crippen molar-refractivity contribution in [1.29, 1.82) is 0 Å². The smallest absolute Gasteiger partial charge is 0.0534 e. The Labute approximate surface area is 79.9 Å². The van der Waals surface area contributed by atoms with Crippen molar-refractivity contribution in [2.45, 2.75) is 33.2 Å². The van der Waals surface area contributed by atoms with E-state index >= 15 is 0 Å². The molecule has 0 saturated carbocycles. The number of aromatic nitrogens is 2. The highest BCUT2D eigenvalue weighted by Crippen LogP contribution is 2.09. The normalized spacial score (nSPS) is 13.5. The van der Waals surface area contributed by atoms with Gasteiger partial charge in [-0.05, 0) is 25.8 Å². The van der Waals surface area contributed by atoms with Crippen LogP contribution in [0.25, 0.3) is 0 Å². The topological polar surface area (TPSA) is 40.7 Å². The summed E-state index contributed by atoms with van der Waals surface area (Å²) in [5.41, 5.74) is 1.23. The van der Waals surface area contributed by atoms with E-state index in [9.17, 15) is 0 Å². The van der Waals surface area contributed by atoms with Crippen LogP contribution in [0.4, 0.5) is 0 Å². The second-order valence-electron chi connectivity index (χ2n) is 3.89. The number of H-pyrrole nitrogens is 1. The molecule has 0 spiro atoms. The third-order valence-corrected chi connectivity index (χ3v) is 2.19. The molecule has 0 amide bonds. The summed E-state index contributed by atoms with van der Waals surface area (Å²) in [5, 5.41) is 10.2. The molecule has 0 saturated heterocycles. The van der Waals surface area contributed by atoms with Crippen LogP contribution in [0, 0.1) is 5.92 Å². The minimum atomic E-state index is 0.400. The molecule has 1 heterocycles. The van der Waals surface area contributed by atoms with E-state index in [4.69, 9.17) is 0 Å². The molecule has 0 aliphatic rings. The van der Waals surface area contributed by atoms with E-state index in [1.54, 1.807) is 0 Å². The Morgan fingerprint density at radius 2 is 2.23 bits per heavy atom. The van der Waals surface area contributed by atoms with Gasteiger partial charge < -0.3 is 5.32 Å². The number of nitrogens with one attached hydrogen (secondary N) is 2. The van der Waals surface area contributed by atoms with Gasteiger partial charge >= 0.3 is 0 Å². The van der Waals surface area contributed by atoms with Gasteiger partial charge in [-0.25, -0.2) is 0 Å². The summed E-state index contributed by atoms with van der Waals surface area (Å²) in [6, 6.07) is 0.400. The second kappa shape index (κ2) is 5.02. The van der Waals surface area contributed by atoms with Gasteiger partial charge in [-0.3, -0.25) is 5.10 Å². The monoisotopic (exact) mass is 181 g/mol. The SMILES string of the molecule is CC(C)CCNC(C)c1cn[nH]c1. The number of aromatic amines is 1. The highest BCUT2D eigenvalue weighted by molar-refractivity contribution is 5.07. The van der Waals surface area contributed by atoms with Gasteiger partial charge in [-0.15, -0.1) is 0 Å². The molecule has 74 valence electrons. The number of hydrogen-bond acceptors (Lipinski definition) is 2. The Morgan fingerprint density at radius 3 is 2.77 bits per heavy atom. The first-order chi connectivity index (χ1) is 6.20. The van der Waals surface area contributed by atoms with Crippen LogP contribution in [-0.2, 0) is 0 Å². The summed E-state index contributed by atoms with van der Waals surface area (Å²) in [4.78, 5) is 0. The van der Waals surface area contributed by atoms with E-state index in [0.717, 1.165) is 12.5 Å². The van der Waals surface area contributed by atoms with Gasteiger partial charge in [0.05, 0.1) is 6.20 Å². The highest BCUT2D eigenvalue weighted by Gasteiger charge is 2.04. The van der Waals surface area contributed by atoms with Crippen molar-refractivity contribution in [3.05, 3.63) is 18.0 Å². The van der Waals surface area contributed by atoms with Crippen molar-refractivity contribution in [3.63, 3.8) is 0 Å². The summed E-state index contributed by atoms with van der Waals surface area (Å²) in [7, 11) is 0. The Kier molecular flexibility index (Phi) is 3.96. The molecule has 0 bridgehead atoms. The van der Waals surface area contributed by atoms with Crippen LogP contribution in [0.3, 0.4) is 0 Å². The van der Waals surface area contributed by atoms with E-state index in [0.29, 0.717) is 6.04 Å². The van der Waals surface area contributed by atoms with Gasteiger partial charge in [0, 0.05) is 17.8 Å². The molecule has 1 rings (SSSR count). The summed E-state index contributed by atoms with van der Waals surface area (Å²) in [6.07, 6.45) is 5.03. The lowest BCUT2D eigenvalue weighted by atomic mass is 10.1. The van der Waals surface area contributed by atoms with Crippen LogP contribution in [-0.4, -0.2) is 16.7 Å². The van der Waals surface area contributed by atoms with E-state index in [-0.39, 0.29) is 0 Å². The first-order valence-corrected chi connectivity index (χ1v) is 4.92. The standard InChI is InChI=1S/C10H19N3/c1-8(2)4-5-11-9(3)10-6-12-13-7-10/h6-9,11H,4-5H2,1-3H3,(H,12,13). The Hall–Kier alpha value is -0.830. The molecular weight excluding hydrogens is 162 g/mol. The summed E-state index contributed by atoms with van der Waals surface area (Å²) < 4.78 is 0. The third kappa shape index (κ3) is 3.59. The average Bonchev–Trinajstić information content (AvgIpc) is 2.55. The van der Waals surface area contributed by atoms with E-state index in [1.165, 1.54) is 12.0 Å². The quantitative estimate of drug-likeness (QED) is 0.730. The molecule has 2 N–H and O–H groups in total. The average molecular weight is 181 g/mol. The van der Waals surface area contributed by atoms with E-state index in [2.05, 4.69) is 36.3 Å². The van der Waals surface area contributed by atoms with Crippen LogP contribution >= 0.6 is 0 Å². The molecule has 3 heteroatoms. The number of rotatable bonds is 5. The maximum atomic E-state index is 3.92. The molecule has 13 heavy (non-hydrogen) atoms. The van der Waals surface area contributed by atoms with Crippen LogP contribution < -0.4 is 5.32 Å². The van der Waals surface area contributed by atoms with Crippen molar-refractivity contribution in [2.75, 3.05) is 6.54 Å². The molecular formula is C10H19N3. The summed E-state index contributed by atoms with van der Waals surface area (Å²) >= 11 is 0. The minimum Gasteiger partial charge on any atom is -0.310 e. The van der Waals surface area contributed by atoms with Crippen LogP contribution in [0.15, 0.2) is 12.4 Å². The molecule has 1 aromatic heterocycles. The zero-order chi connectivity index (χ0) is 9.68. The van der Waals surface area contributed by atoms with Crippen molar-refractivity contribution < 1.29 is 0 Å². The van der Waals surface area contributed by atoms with E-state index < -0.39 is 0 Å². The summed E-state index contributed by atoms with van der Waals surface area (Å²) in [5.74, 6) is 0.768. The second-order valence-corrected chi connectivity index (χ2v) is 3.89. The van der Waals surface area contributed by atoms with Crippen LogP contribution in [0.5, 0.6) is 0 Å². The van der Waals surface area contributed by atoms with Crippen molar-refractivity contribution in [3.8, 4) is 0 Å². The zero-order valence-corrected chi connectivity index (χ0v) is 8.67. The van der Waals surface area contributed by atoms with Gasteiger partial charge in [0.1, 0.15) is 0 Å². The fraction of sp³-hybridized carbons (Fsp3) is 0.700. The predicted octanol–water partition coefficient (Wildman–Crippen LogP) is 2.11. The first kappa shape index (κ1) is 10.3. The minimum absolute atomic E-state index is 0.400. The fourth-order valence-electron chi connectivity index (χ4n) is 1.20. The first-order valence-electron chi connectivity index (χ1n) is 4.92. The molecule has 0 fully saturated rings. The maximum absolute atomic E-state index is 3.92. The third-order valence-electron chi connectivity index (χ3n) is 2.19. The van der Waals surface area contributed by atoms with Crippen molar-refractivity contribution in [1.82, 2.24) is 15.5 Å². The molecule has 1 aromatic rings. The Bertz CT molecular complexity index is 216. The Balaban J connectivity index is 2.22. The van der Waals surface area contributed by atoms with Crippen LogP contribution in [0.2, 0.25) is 0 Å². The number of nitrogens with zero attached hydrogens (tertiary/aromatic N) is 1. The van der Waals surface area contributed by atoms with Gasteiger partial charge in [-0.2, -0.15) is 5.10 Å². The lowest BCUT2D eigenvalue weighted by molar-refractivity contribution is 0.497. The molecule has 0 radical (unpaired) electrons. The molecule has 1 unspecified atom stereocenters. The zero-order valence-electron chi connectivity index (χ0n) is 8.67. The van der Waals surface area contributed by atoms with Gasteiger partial charge in [0.25, 0.3) is 0 Å². The molecule has 0 aliphatic carbocycles.